The standard InChI is InChI=1S/C24H21F3N6O3/c1-13-10-15(11-17(30-13)22(26)27)20-21(14-2-4-16(25)5-3-14)31-24(28)32-23(20)36-12-18-29-7-9-33(18)8-6-19(34)35/h2-5,7,9-11,22H,6,8,12H2,1H3,(H,34,35)(H2,28,31,32). The van der Waals surface area contributed by atoms with E-state index in [2.05, 4.69) is 19.9 Å². The number of nitrogens with zero attached hydrogens (tertiary/aromatic N) is 5. The fourth-order valence-corrected chi connectivity index (χ4v) is 3.62. The maximum Gasteiger partial charge on any atom is 0.305 e. The van der Waals surface area contributed by atoms with Crippen molar-refractivity contribution in [1.29, 1.82) is 0 Å². The minimum Gasteiger partial charge on any atom is -0.481 e. The van der Waals surface area contributed by atoms with Crippen molar-refractivity contribution in [2.24, 2.45) is 0 Å². The number of hydrogen-bond acceptors (Lipinski definition) is 7. The molecule has 0 aliphatic rings. The largest absolute Gasteiger partial charge is 0.481 e. The van der Waals surface area contributed by atoms with Gasteiger partial charge in [-0.2, -0.15) is 4.98 Å². The van der Waals surface area contributed by atoms with Crippen molar-refractivity contribution in [2.45, 2.75) is 32.9 Å². The van der Waals surface area contributed by atoms with Crippen LogP contribution < -0.4 is 10.5 Å². The number of aryl methyl sites for hydroxylation is 2. The molecule has 0 fully saturated rings. The molecule has 4 aromatic rings. The van der Waals surface area contributed by atoms with E-state index in [1.165, 1.54) is 36.5 Å². The molecule has 0 radical (unpaired) electrons. The first-order chi connectivity index (χ1) is 17.2. The summed E-state index contributed by atoms with van der Waals surface area (Å²) in [4.78, 5) is 27.5. The second-order valence-electron chi connectivity index (χ2n) is 7.81. The molecule has 0 spiro atoms. The lowest BCUT2D eigenvalue weighted by Crippen LogP contribution is -2.11. The predicted octanol–water partition coefficient (Wildman–Crippen LogP) is 4.42. The minimum atomic E-state index is -2.82. The molecule has 3 N–H and O–H groups in total. The van der Waals surface area contributed by atoms with Crippen LogP contribution in [0.25, 0.3) is 22.4 Å². The number of anilines is 1. The number of imidazole rings is 1. The van der Waals surface area contributed by atoms with Gasteiger partial charge in [0, 0.05) is 30.2 Å². The first-order valence-corrected chi connectivity index (χ1v) is 10.8. The zero-order chi connectivity index (χ0) is 25.8. The zero-order valence-electron chi connectivity index (χ0n) is 19.0. The van der Waals surface area contributed by atoms with Crippen LogP contribution in [0.2, 0.25) is 0 Å². The van der Waals surface area contributed by atoms with Gasteiger partial charge < -0.3 is 20.1 Å². The van der Waals surface area contributed by atoms with Gasteiger partial charge in [-0.25, -0.2) is 23.1 Å². The maximum absolute atomic E-state index is 13.6. The van der Waals surface area contributed by atoms with Crippen LogP contribution in [0.3, 0.4) is 0 Å². The number of ether oxygens (including phenoxy) is 1. The van der Waals surface area contributed by atoms with Gasteiger partial charge in [-0.15, -0.1) is 0 Å². The van der Waals surface area contributed by atoms with Crippen molar-refractivity contribution in [1.82, 2.24) is 24.5 Å². The van der Waals surface area contributed by atoms with Gasteiger partial charge in [-0.1, -0.05) is 0 Å². The zero-order valence-corrected chi connectivity index (χ0v) is 19.0. The molecule has 9 nitrogen and oxygen atoms in total. The molecule has 4 rings (SSSR count). The van der Waals surface area contributed by atoms with Crippen LogP contribution in [0.1, 0.15) is 30.1 Å². The Morgan fingerprint density at radius 2 is 1.89 bits per heavy atom. The Hall–Kier alpha value is -4.48. The van der Waals surface area contributed by atoms with E-state index in [-0.39, 0.29) is 42.7 Å². The van der Waals surface area contributed by atoms with Crippen LogP contribution in [0.5, 0.6) is 5.88 Å². The van der Waals surface area contributed by atoms with Crippen molar-refractivity contribution in [3.05, 3.63) is 71.8 Å². The number of aromatic nitrogens is 5. The number of halogens is 3. The first-order valence-electron chi connectivity index (χ1n) is 10.8. The molecule has 36 heavy (non-hydrogen) atoms. The number of rotatable bonds is 9. The van der Waals surface area contributed by atoms with Crippen LogP contribution in [0, 0.1) is 12.7 Å². The Morgan fingerprint density at radius 3 is 2.58 bits per heavy atom. The molecule has 186 valence electrons. The van der Waals surface area contributed by atoms with E-state index >= 15 is 0 Å². The van der Waals surface area contributed by atoms with Crippen molar-refractivity contribution in [2.75, 3.05) is 5.73 Å². The Morgan fingerprint density at radius 1 is 1.14 bits per heavy atom. The quantitative estimate of drug-likeness (QED) is 0.347. The van der Waals surface area contributed by atoms with Crippen molar-refractivity contribution in [3.63, 3.8) is 0 Å². The smallest absolute Gasteiger partial charge is 0.305 e. The second-order valence-corrected chi connectivity index (χ2v) is 7.81. The lowest BCUT2D eigenvalue weighted by atomic mass is 9.99. The summed E-state index contributed by atoms with van der Waals surface area (Å²) in [6.07, 6.45) is 0.179. The summed E-state index contributed by atoms with van der Waals surface area (Å²) in [5.74, 6) is -1.18. The number of carbonyl (C=O) groups is 1. The number of nitrogens with two attached hydrogens (primary N) is 1. The summed E-state index contributed by atoms with van der Waals surface area (Å²) in [6, 6.07) is 8.21. The molecule has 0 aliphatic carbocycles. The van der Waals surface area contributed by atoms with Gasteiger partial charge in [-0.3, -0.25) is 9.78 Å². The Balaban J connectivity index is 1.82. The fourth-order valence-electron chi connectivity index (χ4n) is 3.62. The summed E-state index contributed by atoms with van der Waals surface area (Å²) < 4.78 is 48.2. The highest BCUT2D eigenvalue weighted by molar-refractivity contribution is 5.85. The van der Waals surface area contributed by atoms with E-state index in [4.69, 9.17) is 15.6 Å². The SMILES string of the molecule is Cc1cc(-c2c(OCc3nccn3CCC(=O)O)nc(N)nc2-c2ccc(F)cc2)cc(C(F)F)n1. The van der Waals surface area contributed by atoms with E-state index in [0.717, 1.165) is 0 Å². The van der Waals surface area contributed by atoms with Crippen molar-refractivity contribution < 1.29 is 27.8 Å². The summed E-state index contributed by atoms with van der Waals surface area (Å²) in [5.41, 5.74) is 7.11. The van der Waals surface area contributed by atoms with E-state index in [1.54, 1.807) is 23.8 Å². The van der Waals surface area contributed by atoms with E-state index in [0.29, 0.717) is 22.6 Å². The minimum absolute atomic E-state index is 0.0135. The molecule has 0 saturated carbocycles. The maximum atomic E-state index is 13.6. The predicted molar refractivity (Wildman–Crippen MR) is 124 cm³/mol. The number of nitrogen functional groups attached to an aromatic ring is 1. The number of benzene rings is 1. The molecule has 3 aromatic heterocycles. The molecule has 0 atom stereocenters. The molecular weight excluding hydrogens is 477 g/mol. The van der Waals surface area contributed by atoms with Crippen LogP contribution in [-0.2, 0) is 17.9 Å². The normalized spacial score (nSPS) is 11.1. The van der Waals surface area contributed by atoms with E-state index in [1.807, 2.05) is 0 Å². The van der Waals surface area contributed by atoms with Crippen LogP contribution in [0.4, 0.5) is 19.1 Å². The summed E-state index contributed by atoms with van der Waals surface area (Å²) in [7, 11) is 0. The van der Waals surface area contributed by atoms with E-state index in [9.17, 15) is 18.0 Å². The number of alkyl halides is 2. The summed E-state index contributed by atoms with van der Waals surface area (Å²) >= 11 is 0. The third-order valence-corrected chi connectivity index (χ3v) is 5.20. The fraction of sp³-hybridized carbons (Fsp3) is 0.208. The van der Waals surface area contributed by atoms with Crippen LogP contribution in [-0.4, -0.2) is 35.6 Å². The lowest BCUT2D eigenvalue weighted by Gasteiger charge is -2.17. The Labute approximate surface area is 203 Å². The molecular formula is C24H21F3N6O3. The van der Waals surface area contributed by atoms with Crippen molar-refractivity contribution >= 4 is 11.9 Å². The first kappa shape index (κ1) is 24.6. The number of carboxylic acid groups (broad SMARTS) is 1. The second kappa shape index (κ2) is 10.4. The lowest BCUT2D eigenvalue weighted by molar-refractivity contribution is -0.137. The average molecular weight is 498 g/mol. The number of aliphatic carboxylic acids is 1. The highest BCUT2D eigenvalue weighted by atomic mass is 19.3. The third kappa shape index (κ3) is 5.59. The Kier molecular flexibility index (Phi) is 7.13. The van der Waals surface area contributed by atoms with Crippen molar-refractivity contribution in [3.8, 4) is 28.3 Å². The monoisotopic (exact) mass is 498 g/mol. The number of carboxylic acids is 1. The molecule has 0 unspecified atom stereocenters. The summed E-state index contributed by atoms with van der Waals surface area (Å²) in [5, 5.41) is 8.97. The summed E-state index contributed by atoms with van der Waals surface area (Å²) in [6.45, 7) is 1.63. The molecule has 0 amide bonds. The molecule has 0 bridgehead atoms. The van der Waals surface area contributed by atoms with Gasteiger partial charge in [0.15, 0.2) is 0 Å². The van der Waals surface area contributed by atoms with Gasteiger partial charge in [0.25, 0.3) is 6.43 Å². The van der Waals surface area contributed by atoms with Crippen LogP contribution in [0.15, 0.2) is 48.8 Å². The van der Waals surface area contributed by atoms with E-state index < -0.39 is 23.9 Å². The molecule has 0 saturated heterocycles. The molecule has 0 aliphatic heterocycles. The molecule has 12 heteroatoms. The highest BCUT2D eigenvalue weighted by Gasteiger charge is 2.22. The molecule has 3 heterocycles. The Bertz CT molecular complexity index is 1390. The van der Waals surface area contributed by atoms with Gasteiger partial charge in [0.05, 0.1) is 17.7 Å². The highest BCUT2D eigenvalue weighted by Crippen LogP contribution is 2.39. The van der Waals surface area contributed by atoms with Gasteiger partial charge in [-0.05, 0) is 48.9 Å². The van der Waals surface area contributed by atoms with Gasteiger partial charge >= 0.3 is 5.97 Å². The average Bonchev–Trinajstić information content (AvgIpc) is 3.28. The van der Waals surface area contributed by atoms with Crippen LogP contribution >= 0.6 is 0 Å². The topological polar surface area (TPSA) is 129 Å². The number of pyridine rings is 1. The third-order valence-electron chi connectivity index (χ3n) is 5.20. The molecule has 1 aromatic carbocycles. The van der Waals surface area contributed by atoms with Gasteiger partial charge in [0.1, 0.15) is 23.9 Å². The van der Waals surface area contributed by atoms with Gasteiger partial charge in [0.2, 0.25) is 11.8 Å². The number of hydrogen-bond donors (Lipinski definition) is 2.